The van der Waals surface area contributed by atoms with Gasteiger partial charge in [0.25, 0.3) is 0 Å². The van der Waals surface area contributed by atoms with Gasteiger partial charge in [-0.25, -0.2) is 9.78 Å². The van der Waals surface area contributed by atoms with Gasteiger partial charge >= 0.3 is 6.09 Å². The lowest BCUT2D eigenvalue weighted by Gasteiger charge is -2.08. The van der Waals surface area contributed by atoms with Crippen molar-refractivity contribution < 1.29 is 9.53 Å². The number of hydrogen-bond acceptors (Lipinski definition) is 3. The maximum absolute atomic E-state index is 11.0. The molecule has 5 nitrogen and oxygen atoms in total. The molecule has 1 heterocycles. The van der Waals surface area contributed by atoms with E-state index in [1.165, 1.54) is 12.7 Å². The van der Waals surface area contributed by atoms with Crippen molar-refractivity contribution >= 4 is 6.09 Å². The summed E-state index contributed by atoms with van der Waals surface area (Å²) < 4.78 is 6.60. The Morgan fingerprint density at radius 3 is 2.89 bits per heavy atom. The molecule has 1 N–H and O–H groups in total. The van der Waals surface area contributed by atoms with Crippen LogP contribution in [-0.4, -0.2) is 29.3 Å². The minimum atomic E-state index is -0.408. The molecule has 1 aromatic heterocycles. The van der Waals surface area contributed by atoms with Crippen LogP contribution in [-0.2, 0) is 17.7 Å². The van der Waals surface area contributed by atoms with Crippen molar-refractivity contribution in [3.8, 4) is 0 Å². The van der Waals surface area contributed by atoms with Crippen LogP contribution < -0.4 is 5.32 Å². The number of amides is 1. The number of methoxy groups -OCH3 is 1. The summed E-state index contributed by atoms with van der Waals surface area (Å²) in [6.07, 6.45) is 3.94. The smallest absolute Gasteiger partial charge is 0.406 e. The van der Waals surface area contributed by atoms with Gasteiger partial charge in [0.2, 0.25) is 0 Å². The molecule has 2 rings (SSSR count). The molecule has 1 aromatic carbocycles. The highest BCUT2D eigenvalue weighted by Gasteiger charge is 2.04. The third-order valence-corrected chi connectivity index (χ3v) is 2.83. The molecule has 0 atom stereocenters. The van der Waals surface area contributed by atoms with Crippen LogP contribution in [0.3, 0.4) is 0 Å². The fraction of sp³-hybridized carbons (Fsp3) is 0.286. The van der Waals surface area contributed by atoms with Crippen molar-refractivity contribution in [1.82, 2.24) is 14.9 Å². The highest BCUT2D eigenvalue weighted by Crippen LogP contribution is 2.06. The number of alkyl carbamates (subject to hydrolysis) is 1. The summed E-state index contributed by atoms with van der Waals surface area (Å²) in [7, 11) is 1.36. The largest absolute Gasteiger partial charge is 0.453 e. The van der Waals surface area contributed by atoms with Crippen molar-refractivity contribution in [2.24, 2.45) is 0 Å². The maximum Gasteiger partial charge on any atom is 0.406 e. The molecule has 100 valence electrons. The van der Waals surface area contributed by atoms with Gasteiger partial charge in [0.15, 0.2) is 0 Å². The Labute approximate surface area is 112 Å². The summed E-state index contributed by atoms with van der Waals surface area (Å²) in [4.78, 5) is 15.1. The molecule has 0 aliphatic rings. The van der Waals surface area contributed by atoms with Gasteiger partial charge in [-0.3, -0.25) is 0 Å². The Balaban J connectivity index is 1.92. The van der Waals surface area contributed by atoms with Crippen LogP contribution in [0.25, 0.3) is 0 Å². The second-order valence-corrected chi connectivity index (χ2v) is 4.17. The van der Waals surface area contributed by atoms with Crippen molar-refractivity contribution in [3.05, 3.63) is 54.1 Å². The van der Waals surface area contributed by atoms with Crippen LogP contribution in [0, 0.1) is 0 Å². The molecule has 0 saturated heterocycles. The van der Waals surface area contributed by atoms with E-state index in [4.69, 9.17) is 0 Å². The lowest BCUT2D eigenvalue weighted by atomic mass is 10.2. The quantitative estimate of drug-likeness (QED) is 0.891. The fourth-order valence-corrected chi connectivity index (χ4v) is 1.84. The molecule has 1 amide bonds. The van der Waals surface area contributed by atoms with E-state index >= 15 is 0 Å². The summed E-state index contributed by atoms with van der Waals surface area (Å²) in [6, 6.07) is 10.2. The normalized spacial score (nSPS) is 10.2. The monoisotopic (exact) mass is 259 g/mol. The van der Waals surface area contributed by atoms with E-state index in [0.717, 1.165) is 18.7 Å². The number of hydrogen-bond donors (Lipinski definition) is 1. The average molecular weight is 259 g/mol. The van der Waals surface area contributed by atoms with Crippen molar-refractivity contribution in [2.45, 2.75) is 13.0 Å². The highest BCUT2D eigenvalue weighted by molar-refractivity contribution is 5.66. The SMILES string of the molecule is COC(=O)NCCc1cncn1Cc1ccccc1. The van der Waals surface area contributed by atoms with E-state index in [-0.39, 0.29) is 0 Å². The molecule has 0 unspecified atom stereocenters. The first kappa shape index (κ1) is 13.1. The number of carbonyl (C=O) groups excluding carboxylic acids is 1. The summed E-state index contributed by atoms with van der Waals surface area (Å²) in [6.45, 7) is 1.32. The van der Waals surface area contributed by atoms with Gasteiger partial charge in [-0.15, -0.1) is 0 Å². The van der Waals surface area contributed by atoms with E-state index in [0.29, 0.717) is 6.54 Å². The summed E-state index contributed by atoms with van der Waals surface area (Å²) in [5, 5.41) is 2.66. The molecule has 5 heteroatoms. The first-order valence-electron chi connectivity index (χ1n) is 6.14. The third kappa shape index (κ3) is 3.84. The zero-order valence-corrected chi connectivity index (χ0v) is 10.9. The van der Waals surface area contributed by atoms with E-state index in [2.05, 4.69) is 31.7 Å². The minimum absolute atomic E-state index is 0.408. The molecule has 0 radical (unpaired) electrons. The number of benzene rings is 1. The van der Waals surface area contributed by atoms with E-state index < -0.39 is 6.09 Å². The predicted molar refractivity (Wildman–Crippen MR) is 71.9 cm³/mol. The number of carbonyl (C=O) groups is 1. The predicted octanol–water partition coefficient (Wildman–Crippen LogP) is 1.83. The first-order chi connectivity index (χ1) is 9.29. The summed E-state index contributed by atoms with van der Waals surface area (Å²) in [5.41, 5.74) is 2.31. The third-order valence-electron chi connectivity index (χ3n) is 2.83. The summed E-state index contributed by atoms with van der Waals surface area (Å²) >= 11 is 0. The number of imidazole rings is 1. The van der Waals surface area contributed by atoms with Gasteiger partial charge in [-0.1, -0.05) is 30.3 Å². The number of nitrogens with one attached hydrogen (secondary N) is 1. The zero-order chi connectivity index (χ0) is 13.5. The molecule has 0 aliphatic carbocycles. The maximum atomic E-state index is 11.0. The molecule has 0 aliphatic heterocycles. The summed E-state index contributed by atoms with van der Waals surface area (Å²) in [5.74, 6) is 0. The van der Waals surface area contributed by atoms with Crippen molar-refractivity contribution in [2.75, 3.05) is 13.7 Å². The van der Waals surface area contributed by atoms with Crippen LogP contribution in [0.5, 0.6) is 0 Å². The lowest BCUT2D eigenvalue weighted by molar-refractivity contribution is 0.171. The Morgan fingerprint density at radius 2 is 2.16 bits per heavy atom. The number of rotatable bonds is 5. The Hall–Kier alpha value is -2.30. The van der Waals surface area contributed by atoms with Gasteiger partial charge in [0, 0.05) is 31.4 Å². The van der Waals surface area contributed by atoms with Crippen LogP contribution >= 0.6 is 0 Å². The minimum Gasteiger partial charge on any atom is -0.453 e. The highest BCUT2D eigenvalue weighted by atomic mass is 16.5. The zero-order valence-electron chi connectivity index (χ0n) is 10.9. The molecule has 0 saturated carbocycles. The standard InChI is InChI=1S/C14H17N3O2/c1-19-14(18)16-8-7-13-9-15-11-17(13)10-12-5-3-2-4-6-12/h2-6,9,11H,7-8,10H2,1H3,(H,16,18). The number of aromatic nitrogens is 2. The Bertz CT molecular complexity index is 522. The van der Waals surface area contributed by atoms with Crippen LogP contribution in [0.15, 0.2) is 42.9 Å². The van der Waals surface area contributed by atoms with Gasteiger partial charge < -0.3 is 14.6 Å². The fourth-order valence-electron chi connectivity index (χ4n) is 1.84. The molecule has 19 heavy (non-hydrogen) atoms. The number of nitrogens with zero attached hydrogens (tertiary/aromatic N) is 2. The van der Waals surface area contributed by atoms with E-state index in [1.54, 1.807) is 6.33 Å². The van der Waals surface area contributed by atoms with Crippen molar-refractivity contribution in [1.29, 1.82) is 0 Å². The second-order valence-electron chi connectivity index (χ2n) is 4.17. The van der Waals surface area contributed by atoms with Crippen LogP contribution in [0.2, 0.25) is 0 Å². The van der Waals surface area contributed by atoms with E-state index in [9.17, 15) is 4.79 Å². The molecule has 0 fully saturated rings. The Kier molecular flexibility index (Phi) is 4.55. The average Bonchev–Trinajstić information content (AvgIpc) is 2.87. The lowest BCUT2D eigenvalue weighted by Crippen LogP contribution is -2.25. The molecule has 0 spiro atoms. The van der Waals surface area contributed by atoms with Crippen molar-refractivity contribution in [3.63, 3.8) is 0 Å². The first-order valence-corrected chi connectivity index (χ1v) is 6.14. The van der Waals surface area contributed by atoms with Gasteiger partial charge in [-0.2, -0.15) is 0 Å². The van der Waals surface area contributed by atoms with Crippen LogP contribution in [0.4, 0.5) is 4.79 Å². The molecule has 0 bridgehead atoms. The topological polar surface area (TPSA) is 56.1 Å². The van der Waals surface area contributed by atoms with Gasteiger partial charge in [-0.05, 0) is 5.56 Å². The van der Waals surface area contributed by atoms with Crippen LogP contribution in [0.1, 0.15) is 11.3 Å². The van der Waals surface area contributed by atoms with E-state index in [1.807, 2.05) is 24.4 Å². The van der Waals surface area contributed by atoms with Gasteiger partial charge in [0.1, 0.15) is 0 Å². The molecular weight excluding hydrogens is 242 g/mol. The number of ether oxygens (including phenoxy) is 1. The van der Waals surface area contributed by atoms with Gasteiger partial charge in [0.05, 0.1) is 13.4 Å². The molecule has 2 aromatic rings. The molecular formula is C14H17N3O2. The Morgan fingerprint density at radius 1 is 1.37 bits per heavy atom. The second kappa shape index (κ2) is 6.58.